The Morgan fingerprint density at radius 2 is 2.00 bits per heavy atom. The fourth-order valence-corrected chi connectivity index (χ4v) is 2.60. The second-order valence-electron chi connectivity index (χ2n) is 6.13. The molecule has 0 aliphatic carbocycles. The predicted octanol–water partition coefficient (Wildman–Crippen LogP) is 2.13. The van der Waals surface area contributed by atoms with E-state index in [1.165, 1.54) is 0 Å². The van der Waals surface area contributed by atoms with Crippen LogP contribution in [0, 0.1) is 6.92 Å². The molecule has 3 rings (SSSR count). The molecule has 3 aromatic rings. The number of pyridine rings is 2. The highest BCUT2D eigenvalue weighted by molar-refractivity contribution is 14.0. The SMILES string of the molecule is CCNC(=NCc1nnc2ccccn12)NCCC(=O)Nc1cccc(C)n1.I. The molecule has 0 saturated carbocycles. The summed E-state index contributed by atoms with van der Waals surface area (Å²) in [5.41, 5.74) is 1.64. The fourth-order valence-electron chi connectivity index (χ4n) is 2.60. The fraction of sp³-hybridized carbons (Fsp3) is 0.316. The number of amides is 1. The predicted molar refractivity (Wildman–Crippen MR) is 123 cm³/mol. The normalized spacial score (nSPS) is 11.0. The van der Waals surface area contributed by atoms with E-state index >= 15 is 0 Å². The van der Waals surface area contributed by atoms with Gasteiger partial charge in [-0.1, -0.05) is 12.1 Å². The van der Waals surface area contributed by atoms with Crippen LogP contribution in [0.4, 0.5) is 5.82 Å². The second-order valence-corrected chi connectivity index (χ2v) is 6.13. The van der Waals surface area contributed by atoms with Gasteiger partial charge in [-0.2, -0.15) is 0 Å². The Kier molecular flexibility index (Phi) is 8.77. The van der Waals surface area contributed by atoms with Gasteiger partial charge in [0, 0.05) is 31.4 Å². The number of rotatable bonds is 7. The molecule has 10 heteroatoms. The van der Waals surface area contributed by atoms with Gasteiger partial charge in [-0.25, -0.2) is 9.98 Å². The number of fused-ring (bicyclic) bond motifs is 1. The lowest BCUT2D eigenvalue weighted by atomic mass is 10.3. The van der Waals surface area contributed by atoms with E-state index in [9.17, 15) is 4.79 Å². The average molecular weight is 508 g/mol. The maximum absolute atomic E-state index is 12.1. The first-order chi connectivity index (χ1) is 13.7. The number of carbonyl (C=O) groups excluding carboxylic acids is 1. The van der Waals surface area contributed by atoms with Gasteiger partial charge in [-0.3, -0.25) is 9.20 Å². The zero-order valence-electron chi connectivity index (χ0n) is 16.4. The summed E-state index contributed by atoms with van der Waals surface area (Å²) in [5.74, 6) is 1.82. The number of anilines is 1. The monoisotopic (exact) mass is 508 g/mol. The third-order valence-electron chi connectivity index (χ3n) is 3.91. The lowest BCUT2D eigenvalue weighted by molar-refractivity contribution is -0.116. The zero-order chi connectivity index (χ0) is 19.8. The largest absolute Gasteiger partial charge is 0.357 e. The van der Waals surface area contributed by atoms with Crippen molar-refractivity contribution in [2.75, 3.05) is 18.4 Å². The van der Waals surface area contributed by atoms with Crippen molar-refractivity contribution in [3.05, 3.63) is 54.1 Å². The maximum Gasteiger partial charge on any atom is 0.227 e. The van der Waals surface area contributed by atoms with Crippen molar-refractivity contribution >= 4 is 47.3 Å². The van der Waals surface area contributed by atoms with Crippen molar-refractivity contribution in [2.45, 2.75) is 26.8 Å². The van der Waals surface area contributed by atoms with Gasteiger partial charge in [0.25, 0.3) is 0 Å². The third-order valence-corrected chi connectivity index (χ3v) is 3.91. The van der Waals surface area contributed by atoms with Crippen molar-refractivity contribution in [1.82, 2.24) is 30.2 Å². The highest BCUT2D eigenvalue weighted by atomic mass is 127. The van der Waals surface area contributed by atoms with Gasteiger partial charge in [0.2, 0.25) is 5.91 Å². The molecule has 3 N–H and O–H groups in total. The van der Waals surface area contributed by atoms with E-state index < -0.39 is 0 Å². The third kappa shape index (κ3) is 6.66. The zero-order valence-corrected chi connectivity index (χ0v) is 18.8. The van der Waals surface area contributed by atoms with Gasteiger partial charge in [0.15, 0.2) is 17.4 Å². The van der Waals surface area contributed by atoms with Crippen LogP contribution in [0.25, 0.3) is 5.65 Å². The van der Waals surface area contributed by atoms with Gasteiger partial charge in [0.05, 0.1) is 0 Å². The summed E-state index contributed by atoms with van der Waals surface area (Å²) in [6.07, 6.45) is 2.21. The summed E-state index contributed by atoms with van der Waals surface area (Å²) >= 11 is 0. The van der Waals surface area contributed by atoms with Crippen molar-refractivity contribution < 1.29 is 4.79 Å². The van der Waals surface area contributed by atoms with E-state index in [1.54, 1.807) is 6.07 Å². The Morgan fingerprint density at radius 3 is 2.79 bits per heavy atom. The van der Waals surface area contributed by atoms with Crippen molar-refractivity contribution in [3.8, 4) is 0 Å². The number of nitrogens with one attached hydrogen (secondary N) is 3. The molecule has 3 heterocycles. The van der Waals surface area contributed by atoms with E-state index in [0.29, 0.717) is 37.8 Å². The number of carbonyl (C=O) groups is 1. The molecule has 0 fully saturated rings. The molecule has 1 amide bonds. The molecule has 29 heavy (non-hydrogen) atoms. The van der Waals surface area contributed by atoms with Gasteiger partial charge in [-0.05, 0) is 38.1 Å². The van der Waals surface area contributed by atoms with Crippen LogP contribution in [0.15, 0.2) is 47.6 Å². The minimum absolute atomic E-state index is 0. The first-order valence-corrected chi connectivity index (χ1v) is 9.20. The van der Waals surface area contributed by atoms with Crippen LogP contribution in [0.5, 0.6) is 0 Å². The molecule has 0 spiro atoms. The van der Waals surface area contributed by atoms with Crippen LogP contribution in [-0.4, -0.2) is 44.5 Å². The highest BCUT2D eigenvalue weighted by Crippen LogP contribution is 2.05. The van der Waals surface area contributed by atoms with Crippen LogP contribution in [0.3, 0.4) is 0 Å². The number of hydrogen-bond acceptors (Lipinski definition) is 5. The number of hydrogen-bond donors (Lipinski definition) is 3. The minimum atomic E-state index is -0.107. The van der Waals surface area contributed by atoms with Crippen molar-refractivity contribution in [1.29, 1.82) is 0 Å². The summed E-state index contributed by atoms with van der Waals surface area (Å²) in [6, 6.07) is 11.3. The molecule has 3 aromatic heterocycles. The van der Waals surface area contributed by atoms with Gasteiger partial charge in [0.1, 0.15) is 12.4 Å². The smallest absolute Gasteiger partial charge is 0.227 e. The van der Waals surface area contributed by atoms with E-state index in [4.69, 9.17) is 0 Å². The summed E-state index contributed by atoms with van der Waals surface area (Å²) < 4.78 is 1.90. The van der Waals surface area contributed by atoms with E-state index in [0.717, 1.165) is 17.2 Å². The van der Waals surface area contributed by atoms with Gasteiger partial charge < -0.3 is 16.0 Å². The molecule has 0 saturated heterocycles. The molecule has 0 aliphatic heterocycles. The summed E-state index contributed by atoms with van der Waals surface area (Å²) in [6.45, 7) is 5.41. The van der Waals surface area contributed by atoms with Crippen LogP contribution in [0.2, 0.25) is 0 Å². The molecule has 0 unspecified atom stereocenters. The number of aliphatic imine (C=N–C) groups is 1. The van der Waals surface area contributed by atoms with Crippen molar-refractivity contribution in [3.63, 3.8) is 0 Å². The van der Waals surface area contributed by atoms with E-state index in [1.807, 2.05) is 54.8 Å². The van der Waals surface area contributed by atoms with Gasteiger partial charge in [-0.15, -0.1) is 34.2 Å². The summed E-state index contributed by atoms with van der Waals surface area (Å²) in [7, 11) is 0. The van der Waals surface area contributed by atoms with Gasteiger partial charge >= 0.3 is 0 Å². The molecular weight excluding hydrogens is 483 g/mol. The summed E-state index contributed by atoms with van der Waals surface area (Å²) in [4.78, 5) is 20.9. The number of guanidine groups is 1. The molecular formula is C19H25IN8O. The number of nitrogens with zero attached hydrogens (tertiary/aromatic N) is 5. The Balaban J connectivity index is 0.00000300. The quantitative estimate of drug-likeness (QED) is 0.257. The molecule has 0 atom stereocenters. The minimum Gasteiger partial charge on any atom is -0.357 e. The first kappa shape index (κ1) is 22.5. The molecule has 0 aliphatic rings. The average Bonchev–Trinajstić information content (AvgIpc) is 3.09. The Bertz CT molecular complexity index is 972. The van der Waals surface area contributed by atoms with E-state index in [-0.39, 0.29) is 29.9 Å². The Morgan fingerprint density at radius 1 is 1.14 bits per heavy atom. The lowest BCUT2D eigenvalue weighted by Crippen LogP contribution is -2.38. The molecule has 154 valence electrons. The van der Waals surface area contributed by atoms with Crippen LogP contribution in [0.1, 0.15) is 24.9 Å². The second kappa shape index (κ2) is 11.3. The molecule has 0 radical (unpaired) electrons. The van der Waals surface area contributed by atoms with Crippen LogP contribution in [-0.2, 0) is 11.3 Å². The van der Waals surface area contributed by atoms with Crippen molar-refractivity contribution in [2.24, 2.45) is 4.99 Å². The molecule has 0 bridgehead atoms. The molecule has 9 nitrogen and oxygen atoms in total. The van der Waals surface area contributed by atoms with Crippen LogP contribution >= 0.6 is 24.0 Å². The maximum atomic E-state index is 12.1. The first-order valence-electron chi connectivity index (χ1n) is 9.20. The van der Waals surface area contributed by atoms with E-state index in [2.05, 4.69) is 36.1 Å². The topological polar surface area (TPSA) is 109 Å². The summed E-state index contributed by atoms with van der Waals surface area (Å²) in [5, 5.41) is 17.4. The lowest BCUT2D eigenvalue weighted by Gasteiger charge is -2.11. The number of halogens is 1. The highest BCUT2D eigenvalue weighted by Gasteiger charge is 2.06. The number of aryl methyl sites for hydroxylation is 1. The Hall–Kier alpha value is -2.76. The van der Waals surface area contributed by atoms with Crippen LogP contribution < -0.4 is 16.0 Å². The Labute approximate surface area is 186 Å². The number of aromatic nitrogens is 4. The standard InChI is InChI=1S/C19H24N8O.HI/c1-3-20-19(22-13-17-26-25-16-9-4-5-12-27(16)17)21-11-10-18(28)24-15-8-6-7-14(2)23-15;/h4-9,12H,3,10-11,13H2,1-2H3,(H2,20,21,22)(H,23,24,28);1H. The molecule has 0 aromatic carbocycles.